The van der Waals surface area contributed by atoms with E-state index in [0.29, 0.717) is 32.4 Å². The minimum absolute atomic E-state index is 0.179. The zero-order valence-corrected chi connectivity index (χ0v) is 13.5. The number of hydrogen-bond acceptors (Lipinski definition) is 6. The molecule has 0 saturated carbocycles. The minimum Gasteiger partial charge on any atom is -0.351 e. The Hall–Kier alpha value is -2.53. The molecule has 0 aromatic carbocycles. The number of nitriles is 1. The zero-order valence-electron chi connectivity index (χ0n) is 13.5. The van der Waals surface area contributed by atoms with Crippen LogP contribution >= 0.6 is 0 Å². The summed E-state index contributed by atoms with van der Waals surface area (Å²) in [6.45, 7) is 0.992. The van der Waals surface area contributed by atoms with Gasteiger partial charge in [-0.3, -0.25) is 14.6 Å². The second-order valence-corrected chi connectivity index (χ2v) is 5.77. The van der Waals surface area contributed by atoms with E-state index in [1.165, 1.54) is 18.6 Å². The molecule has 2 atom stereocenters. The molecule has 0 radical (unpaired) electrons. The average Bonchev–Trinajstić information content (AvgIpc) is 2.64. The van der Waals surface area contributed by atoms with Gasteiger partial charge in [-0.25, -0.2) is 4.98 Å². The predicted octanol–water partition coefficient (Wildman–Crippen LogP) is 0.219. The van der Waals surface area contributed by atoms with Gasteiger partial charge in [-0.15, -0.1) is 0 Å². The maximum absolute atomic E-state index is 12.4. The summed E-state index contributed by atoms with van der Waals surface area (Å²) < 4.78 is 0. The van der Waals surface area contributed by atoms with E-state index < -0.39 is 6.04 Å². The molecule has 0 spiro atoms. The molecule has 1 aromatic rings. The van der Waals surface area contributed by atoms with Crippen LogP contribution in [-0.2, 0) is 4.79 Å². The Morgan fingerprint density at radius 1 is 1.46 bits per heavy atom. The molecule has 1 fully saturated rings. The fourth-order valence-corrected chi connectivity index (χ4v) is 2.70. The Kier molecular flexibility index (Phi) is 6.63. The van der Waals surface area contributed by atoms with E-state index in [0.717, 1.165) is 12.8 Å². The van der Waals surface area contributed by atoms with Crippen molar-refractivity contribution in [1.82, 2.24) is 20.2 Å². The molecule has 1 aliphatic rings. The van der Waals surface area contributed by atoms with Crippen LogP contribution in [-0.4, -0.2) is 51.9 Å². The molecule has 1 aromatic heterocycles. The normalized spacial score (nSPS) is 18.5. The van der Waals surface area contributed by atoms with Gasteiger partial charge in [-0.05, 0) is 32.1 Å². The van der Waals surface area contributed by atoms with Crippen LogP contribution in [0.5, 0.6) is 0 Å². The fourth-order valence-electron chi connectivity index (χ4n) is 2.70. The van der Waals surface area contributed by atoms with Crippen LogP contribution in [0.1, 0.15) is 42.6 Å². The summed E-state index contributed by atoms with van der Waals surface area (Å²) in [4.78, 5) is 33.5. The van der Waals surface area contributed by atoms with E-state index in [2.05, 4.69) is 21.4 Å². The summed E-state index contributed by atoms with van der Waals surface area (Å²) >= 11 is 0. The number of nitrogens with zero attached hydrogens (tertiary/aromatic N) is 4. The summed E-state index contributed by atoms with van der Waals surface area (Å²) in [5.74, 6) is -0.481. The first-order valence-electron chi connectivity index (χ1n) is 8.13. The molecule has 2 rings (SSSR count). The number of hydrogen-bond donors (Lipinski definition) is 2. The first kappa shape index (κ1) is 17.8. The van der Waals surface area contributed by atoms with E-state index in [1.54, 1.807) is 4.90 Å². The van der Waals surface area contributed by atoms with Crippen LogP contribution in [0, 0.1) is 11.3 Å². The number of likely N-dealkylation sites (tertiary alicyclic amines) is 1. The molecule has 128 valence electrons. The Morgan fingerprint density at radius 3 is 3.00 bits per heavy atom. The molecule has 8 nitrogen and oxygen atoms in total. The highest BCUT2D eigenvalue weighted by molar-refractivity contribution is 5.91. The first-order chi connectivity index (χ1) is 11.6. The van der Waals surface area contributed by atoms with Gasteiger partial charge in [-0.1, -0.05) is 0 Å². The number of carbonyl (C=O) groups is 2. The van der Waals surface area contributed by atoms with Crippen molar-refractivity contribution in [2.45, 2.75) is 44.2 Å². The fraction of sp³-hybridized carbons (Fsp3) is 0.562. The van der Waals surface area contributed by atoms with Crippen molar-refractivity contribution in [3.05, 3.63) is 24.3 Å². The maximum Gasteiger partial charge on any atom is 0.271 e. The Morgan fingerprint density at radius 2 is 2.29 bits per heavy atom. The lowest BCUT2D eigenvalue weighted by atomic mass is 10.0. The lowest BCUT2D eigenvalue weighted by Crippen LogP contribution is -2.50. The third-order valence-electron chi connectivity index (χ3n) is 4.03. The number of carbonyl (C=O) groups excluding carboxylic acids is 2. The Balaban J connectivity index is 1.73. The number of aromatic nitrogens is 2. The second-order valence-electron chi connectivity index (χ2n) is 5.77. The smallest absolute Gasteiger partial charge is 0.271 e. The van der Waals surface area contributed by atoms with Gasteiger partial charge in [0.25, 0.3) is 5.91 Å². The molecule has 3 N–H and O–H groups in total. The van der Waals surface area contributed by atoms with Gasteiger partial charge in [-0.2, -0.15) is 5.26 Å². The molecule has 1 aliphatic heterocycles. The average molecular weight is 330 g/mol. The van der Waals surface area contributed by atoms with Crippen LogP contribution in [0.25, 0.3) is 0 Å². The van der Waals surface area contributed by atoms with Gasteiger partial charge in [0.15, 0.2) is 0 Å². The van der Waals surface area contributed by atoms with Crippen molar-refractivity contribution in [2.24, 2.45) is 5.73 Å². The van der Waals surface area contributed by atoms with E-state index >= 15 is 0 Å². The molecule has 2 unspecified atom stereocenters. The van der Waals surface area contributed by atoms with Gasteiger partial charge in [0.1, 0.15) is 11.7 Å². The molecule has 24 heavy (non-hydrogen) atoms. The second kappa shape index (κ2) is 8.93. The van der Waals surface area contributed by atoms with Crippen molar-refractivity contribution in [3.8, 4) is 6.07 Å². The molecular weight excluding hydrogens is 308 g/mol. The Labute approximate surface area is 141 Å². The van der Waals surface area contributed by atoms with Gasteiger partial charge in [0, 0.05) is 25.5 Å². The molecule has 2 heterocycles. The van der Waals surface area contributed by atoms with Crippen molar-refractivity contribution in [3.63, 3.8) is 0 Å². The van der Waals surface area contributed by atoms with Gasteiger partial charge in [0.2, 0.25) is 5.91 Å². The topological polar surface area (TPSA) is 125 Å². The third-order valence-corrected chi connectivity index (χ3v) is 4.03. The molecule has 8 heteroatoms. The highest BCUT2D eigenvalue weighted by Crippen LogP contribution is 2.17. The molecule has 2 amide bonds. The zero-order chi connectivity index (χ0) is 17.4. The van der Waals surface area contributed by atoms with Crippen molar-refractivity contribution < 1.29 is 9.59 Å². The third kappa shape index (κ3) is 4.73. The number of rotatable bonds is 6. The molecule has 1 saturated heterocycles. The minimum atomic E-state index is -0.646. The van der Waals surface area contributed by atoms with Crippen LogP contribution < -0.4 is 11.1 Å². The summed E-state index contributed by atoms with van der Waals surface area (Å²) in [6.07, 6.45) is 7.95. The molecular formula is C16H22N6O2. The first-order valence-corrected chi connectivity index (χ1v) is 8.13. The number of piperidine rings is 1. The molecule has 0 bridgehead atoms. The summed E-state index contributed by atoms with van der Waals surface area (Å²) in [7, 11) is 0. The quantitative estimate of drug-likeness (QED) is 0.719. The summed E-state index contributed by atoms with van der Waals surface area (Å²) in [6, 6.07) is 1.16. The van der Waals surface area contributed by atoms with Gasteiger partial charge < -0.3 is 16.0 Å². The predicted molar refractivity (Wildman–Crippen MR) is 86.5 cm³/mol. The summed E-state index contributed by atoms with van der Waals surface area (Å²) in [5.41, 5.74) is 6.21. The van der Waals surface area contributed by atoms with E-state index in [4.69, 9.17) is 11.0 Å². The monoisotopic (exact) mass is 330 g/mol. The highest BCUT2D eigenvalue weighted by Gasteiger charge is 2.29. The van der Waals surface area contributed by atoms with E-state index in [1.807, 2.05) is 0 Å². The van der Waals surface area contributed by atoms with E-state index in [-0.39, 0.29) is 23.6 Å². The highest BCUT2D eigenvalue weighted by atomic mass is 16.2. The summed E-state index contributed by atoms with van der Waals surface area (Å²) in [5, 5.41) is 11.9. The van der Waals surface area contributed by atoms with Crippen LogP contribution in [0.15, 0.2) is 18.6 Å². The van der Waals surface area contributed by atoms with Gasteiger partial charge >= 0.3 is 0 Å². The van der Waals surface area contributed by atoms with Crippen molar-refractivity contribution >= 4 is 11.8 Å². The number of nitrogens with two attached hydrogens (primary N) is 1. The lowest BCUT2D eigenvalue weighted by Gasteiger charge is -2.33. The SMILES string of the molecule is N#CC1CCCCN1C(=O)C(N)CCCNC(=O)c1cnccn1. The number of nitrogens with one attached hydrogen (secondary N) is 1. The largest absolute Gasteiger partial charge is 0.351 e. The lowest BCUT2D eigenvalue weighted by molar-refractivity contribution is -0.135. The van der Waals surface area contributed by atoms with Crippen LogP contribution in [0.3, 0.4) is 0 Å². The standard InChI is InChI=1S/C16H22N6O2/c17-10-12-4-1-2-9-22(12)16(24)13(18)5-3-6-21-15(23)14-11-19-7-8-20-14/h7-8,11-13H,1-6,9,18H2,(H,21,23). The number of amides is 2. The van der Waals surface area contributed by atoms with Crippen molar-refractivity contribution in [1.29, 1.82) is 5.26 Å². The Bertz CT molecular complexity index is 600. The van der Waals surface area contributed by atoms with Gasteiger partial charge in [0.05, 0.1) is 18.3 Å². The maximum atomic E-state index is 12.4. The van der Waals surface area contributed by atoms with Crippen molar-refractivity contribution in [2.75, 3.05) is 13.1 Å². The van der Waals surface area contributed by atoms with Crippen LogP contribution in [0.2, 0.25) is 0 Å². The van der Waals surface area contributed by atoms with E-state index in [9.17, 15) is 9.59 Å². The molecule has 0 aliphatic carbocycles. The van der Waals surface area contributed by atoms with Crippen LogP contribution in [0.4, 0.5) is 0 Å².